The molecule has 0 bridgehead atoms. The van der Waals surface area contributed by atoms with E-state index in [9.17, 15) is 9.59 Å². The Bertz CT molecular complexity index is 869. The third-order valence-electron chi connectivity index (χ3n) is 3.37. The zero-order valence-electron chi connectivity index (χ0n) is 12.7. The maximum Gasteiger partial charge on any atom is 0.293 e. The highest BCUT2D eigenvalue weighted by molar-refractivity contribution is 8.18. The molecule has 1 fully saturated rings. The van der Waals surface area contributed by atoms with E-state index < -0.39 is 0 Å². The number of nitrogens with two attached hydrogens (primary N) is 1. The Morgan fingerprint density at radius 3 is 2.88 bits per heavy atom. The first-order valence-electron chi connectivity index (χ1n) is 7.03. The Balaban J connectivity index is 1.84. The first-order valence-corrected chi connectivity index (χ1v) is 8.22. The molecule has 2 amide bonds. The highest BCUT2D eigenvalue weighted by atomic mass is 35.5. The van der Waals surface area contributed by atoms with Crippen LogP contribution >= 0.6 is 23.4 Å². The lowest BCUT2D eigenvalue weighted by molar-refractivity contribution is -0.123. The average Bonchev–Trinajstić information content (AvgIpc) is 2.77. The largest absolute Gasteiger partial charge is 0.383 e. The van der Waals surface area contributed by atoms with E-state index in [-0.39, 0.29) is 23.5 Å². The number of aryl methyl sites for hydroxylation is 1. The number of nitrogen functional groups attached to an aromatic ring is 1. The minimum absolute atomic E-state index is 0.0453. The van der Waals surface area contributed by atoms with E-state index in [1.807, 2.05) is 6.07 Å². The van der Waals surface area contributed by atoms with Crippen LogP contribution in [0.5, 0.6) is 0 Å². The van der Waals surface area contributed by atoms with Crippen LogP contribution in [0.15, 0.2) is 35.4 Å². The molecule has 2 aromatic rings. The average molecular weight is 361 g/mol. The van der Waals surface area contributed by atoms with Gasteiger partial charge in [0.2, 0.25) is 0 Å². The van der Waals surface area contributed by atoms with Crippen molar-refractivity contribution >= 4 is 46.4 Å². The summed E-state index contributed by atoms with van der Waals surface area (Å²) in [6.45, 7) is 1.76. The number of nitrogens with zero attached hydrogens (tertiary/aromatic N) is 3. The summed E-state index contributed by atoms with van der Waals surface area (Å²) in [6, 6.07) is 7.06. The van der Waals surface area contributed by atoms with Crippen molar-refractivity contribution in [3.05, 3.63) is 57.3 Å². The smallest absolute Gasteiger partial charge is 0.293 e. The molecule has 1 aliphatic heterocycles. The van der Waals surface area contributed by atoms with E-state index in [2.05, 4.69) is 9.97 Å². The normalized spacial score (nSPS) is 16.2. The number of halogens is 1. The fourth-order valence-corrected chi connectivity index (χ4v) is 3.23. The monoisotopic (exact) mass is 360 g/mol. The molecule has 0 atom stereocenters. The second-order valence-corrected chi connectivity index (χ2v) is 6.58. The summed E-state index contributed by atoms with van der Waals surface area (Å²) in [7, 11) is 0. The van der Waals surface area contributed by atoms with Crippen molar-refractivity contribution in [1.82, 2.24) is 14.9 Å². The molecule has 0 radical (unpaired) electrons. The second kappa shape index (κ2) is 6.62. The number of imide groups is 1. The third-order valence-corrected chi connectivity index (χ3v) is 4.51. The van der Waals surface area contributed by atoms with E-state index in [1.165, 1.54) is 6.20 Å². The second-order valence-electron chi connectivity index (χ2n) is 5.15. The number of carbonyl (C=O) groups excluding carboxylic acids is 2. The van der Waals surface area contributed by atoms with Crippen molar-refractivity contribution in [2.75, 3.05) is 5.73 Å². The Kier molecular flexibility index (Phi) is 4.55. The molecule has 0 unspecified atom stereocenters. The number of aromatic nitrogens is 2. The van der Waals surface area contributed by atoms with Gasteiger partial charge >= 0.3 is 0 Å². The molecule has 24 heavy (non-hydrogen) atoms. The van der Waals surface area contributed by atoms with E-state index >= 15 is 0 Å². The summed E-state index contributed by atoms with van der Waals surface area (Å²) < 4.78 is 0. The molecule has 0 spiro atoms. The molecule has 8 heteroatoms. The van der Waals surface area contributed by atoms with Crippen LogP contribution in [0, 0.1) is 6.92 Å². The maximum absolute atomic E-state index is 12.5. The summed E-state index contributed by atoms with van der Waals surface area (Å²) in [5, 5.41) is 0.209. The molecule has 3 rings (SSSR count). The van der Waals surface area contributed by atoms with Gasteiger partial charge in [-0.15, -0.1) is 0 Å². The molecule has 122 valence electrons. The van der Waals surface area contributed by atoms with Crippen LogP contribution in [-0.2, 0) is 11.3 Å². The number of carbonyl (C=O) groups is 2. The maximum atomic E-state index is 12.5. The van der Waals surface area contributed by atoms with Crippen LogP contribution in [0.25, 0.3) is 6.08 Å². The van der Waals surface area contributed by atoms with E-state index in [0.717, 1.165) is 22.2 Å². The molecule has 2 N–H and O–H groups in total. The lowest BCUT2D eigenvalue weighted by Crippen LogP contribution is -2.28. The molecular formula is C16H13ClN4O2S. The summed E-state index contributed by atoms with van der Waals surface area (Å²) in [4.78, 5) is 34.2. The van der Waals surface area contributed by atoms with Gasteiger partial charge in [0, 0.05) is 16.8 Å². The van der Waals surface area contributed by atoms with Gasteiger partial charge in [0.05, 0.1) is 11.4 Å². The highest BCUT2D eigenvalue weighted by Crippen LogP contribution is 2.33. The molecule has 1 aromatic heterocycles. The Hall–Kier alpha value is -2.38. The summed E-state index contributed by atoms with van der Waals surface area (Å²) in [5.74, 6) is 0.427. The number of hydrogen-bond acceptors (Lipinski definition) is 6. The standard InChI is InChI=1S/C16H13ClN4O2S/c1-9-19-7-11(14(18)20-9)8-21-15(22)13(24-16(21)23)6-10-3-2-4-12(17)5-10/h2-7H,8H2,1H3,(H2,18,19,20)/b13-6-. The lowest BCUT2D eigenvalue weighted by Gasteiger charge is -2.13. The molecule has 1 aromatic carbocycles. The van der Waals surface area contributed by atoms with Crippen LogP contribution in [0.4, 0.5) is 10.6 Å². The van der Waals surface area contributed by atoms with Gasteiger partial charge in [-0.05, 0) is 42.5 Å². The van der Waals surface area contributed by atoms with Crippen molar-refractivity contribution in [2.24, 2.45) is 0 Å². The van der Waals surface area contributed by atoms with E-state index in [4.69, 9.17) is 17.3 Å². The SMILES string of the molecule is Cc1ncc(CN2C(=O)S/C(=C\c3cccc(Cl)c3)C2=O)c(N)n1. The van der Waals surface area contributed by atoms with Gasteiger partial charge in [0.25, 0.3) is 11.1 Å². The van der Waals surface area contributed by atoms with Gasteiger partial charge in [-0.1, -0.05) is 23.7 Å². The number of amides is 2. The van der Waals surface area contributed by atoms with Crippen LogP contribution in [-0.4, -0.2) is 26.0 Å². The predicted octanol–water partition coefficient (Wildman–Crippen LogP) is 3.26. The Labute approximate surface area is 147 Å². The van der Waals surface area contributed by atoms with Crippen LogP contribution in [0.3, 0.4) is 0 Å². The van der Waals surface area contributed by atoms with E-state index in [0.29, 0.717) is 21.3 Å². The van der Waals surface area contributed by atoms with Crippen molar-refractivity contribution in [2.45, 2.75) is 13.5 Å². The number of hydrogen-bond donors (Lipinski definition) is 1. The van der Waals surface area contributed by atoms with Gasteiger partial charge in [-0.2, -0.15) is 0 Å². The predicted molar refractivity (Wildman–Crippen MR) is 94.1 cm³/mol. The topological polar surface area (TPSA) is 89.2 Å². The van der Waals surface area contributed by atoms with Crippen molar-refractivity contribution < 1.29 is 9.59 Å². The number of rotatable bonds is 3. The zero-order valence-corrected chi connectivity index (χ0v) is 14.3. The van der Waals surface area contributed by atoms with Gasteiger partial charge in [0.1, 0.15) is 11.6 Å². The highest BCUT2D eigenvalue weighted by Gasteiger charge is 2.35. The molecular weight excluding hydrogens is 348 g/mol. The van der Waals surface area contributed by atoms with Crippen molar-refractivity contribution in [3.8, 4) is 0 Å². The molecule has 0 aliphatic carbocycles. The van der Waals surface area contributed by atoms with Gasteiger partial charge in [-0.25, -0.2) is 9.97 Å². The van der Waals surface area contributed by atoms with Crippen LogP contribution in [0.2, 0.25) is 5.02 Å². The zero-order chi connectivity index (χ0) is 17.3. The minimum atomic E-state index is -0.370. The lowest BCUT2D eigenvalue weighted by atomic mass is 10.2. The fourth-order valence-electron chi connectivity index (χ4n) is 2.19. The van der Waals surface area contributed by atoms with Crippen molar-refractivity contribution in [1.29, 1.82) is 0 Å². The van der Waals surface area contributed by atoms with Gasteiger partial charge < -0.3 is 5.73 Å². The quantitative estimate of drug-likeness (QED) is 0.845. The molecule has 1 aliphatic rings. The molecule has 6 nitrogen and oxygen atoms in total. The van der Waals surface area contributed by atoms with Crippen LogP contribution < -0.4 is 5.73 Å². The summed E-state index contributed by atoms with van der Waals surface area (Å²) in [5.41, 5.74) is 7.12. The summed E-state index contributed by atoms with van der Waals surface area (Å²) in [6.07, 6.45) is 3.17. The Morgan fingerprint density at radius 1 is 1.38 bits per heavy atom. The number of benzene rings is 1. The van der Waals surface area contributed by atoms with Gasteiger partial charge in [-0.3, -0.25) is 14.5 Å². The van der Waals surface area contributed by atoms with Crippen LogP contribution in [0.1, 0.15) is 17.0 Å². The number of anilines is 1. The first-order chi connectivity index (χ1) is 11.4. The molecule has 1 saturated heterocycles. The van der Waals surface area contributed by atoms with E-state index in [1.54, 1.807) is 31.2 Å². The third kappa shape index (κ3) is 3.42. The van der Waals surface area contributed by atoms with Crippen molar-refractivity contribution in [3.63, 3.8) is 0 Å². The number of thioether (sulfide) groups is 1. The molecule has 0 saturated carbocycles. The van der Waals surface area contributed by atoms with Gasteiger partial charge in [0.15, 0.2) is 0 Å². The minimum Gasteiger partial charge on any atom is -0.383 e. The first kappa shape index (κ1) is 16.5. The summed E-state index contributed by atoms with van der Waals surface area (Å²) >= 11 is 6.82. The Morgan fingerprint density at radius 2 is 2.17 bits per heavy atom. The fraction of sp³-hybridized carbons (Fsp3) is 0.125. The molecule has 2 heterocycles.